The Morgan fingerprint density at radius 1 is 0.719 bits per heavy atom. The quantitative estimate of drug-likeness (QED) is 0.122. The Morgan fingerprint density at radius 3 is 2.04 bits per heavy atom. The van der Waals surface area contributed by atoms with Crippen LogP contribution < -0.4 is 15.0 Å². The number of rotatable bonds is 11. The molecule has 3 saturated heterocycles. The monoisotopic (exact) mass is 766 g/mol. The van der Waals surface area contributed by atoms with Crippen LogP contribution in [0.1, 0.15) is 89.3 Å². The van der Waals surface area contributed by atoms with Crippen LogP contribution in [0.15, 0.2) is 97.1 Å². The molecule has 0 spiro atoms. The average Bonchev–Trinajstić information content (AvgIpc) is 3.48. The summed E-state index contributed by atoms with van der Waals surface area (Å²) in [5.74, 6) is -0.167. The molecule has 0 aliphatic carbocycles. The molecule has 4 aromatic carbocycles. The lowest BCUT2D eigenvalue weighted by atomic mass is 9.88. The first kappa shape index (κ1) is 38.1. The van der Waals surface area contributed by atoms with Crippen LogP contribution >= 0.6 is 0 Å². The molecular weight excluding hydrogens is 717 g/mol. The summed E-state index contributed by atoms with van der Waals surface area (Å²) in [4.78, 5) is 56.3. The van der Waals surface area contributed by atoms with E-state index in [1.165, 1.54) is 28.0 Å². The van der Waals surface area contributed by atoms with Gasteiger partial charge in [-0.3, -0.25) is 29.4 Å². The van der Waals surface area contributed by atoms with Gasteiger partial charge >= 0.3 is 0 Å². The molecule has 1 atom stereocenters. The molecule has 0 aromatic heterocycles. The first-order valence-corrected chi connectivity index (χ1v) is 20.4. The number of anilines is 1. The summed E-state index contributed by atoms with van der Waals surface area (Å²) in [6, 6.07) is 31.1. The Labute approximate surface area is 334 Å². The second-order valence-electron chi connectivity index (χ2n) is 15.8. The Morgan fingerprint density at radius 2 is 1.37 bits per heavy atom. The fourth-order valence-electron chi connectivity index (χ4n) is 8.98. The van der Waals surface area contributed by atoms with E-state index in [-0.39, 0.29) is 29.7 Å². The van der Waals surface area contributed by atoms with Gasteiger partial charge in [-0.2, -0.15) is 0 Å². The molecule has 294 valence electrons. The van der Waals surface area contributed by atoms with Crippen LogP contribution in [0.4, 0.5) is 5.69 Å². The minimum Gasteiger partial charge on any atom is -0.508 e. The summed E-state index contributed by atoms with van der Waals surface area (Å²) >= 11 is 0. The molecule has 4 aliphatic heterocycles. The van der Waals surface area contributed by atoms with Crippen molar-refractivity contribution in [3.05, 3.63) is 125 Å². The van der Waals surface area contributed by atoms with Gasteiger partial charge in [-0.1, -0.05) is 61.5 Å². The number of phenolic OH excluding ortho intramolecular Hbond substituents is 1. The molecule has 4 aliphatic rings. The van der Waals surface area contributed by atoms with Crippen LogP contribution in [0, 0.1) is 11.8 Å². The van der Waals surface area contributed by atoms with Crippen molar-refractivity contribution >= 4 is 40.5 Å². The lowest BCUT2D eigenvalue weighted by Gasteiger charge is -2.38. The van der Waals surface area contributed by atoms with Gasteiger partial charge in [-0.15, -0.1) is 0 Å². The highest BCUT2D eigenvalue weighted by atomic mass is 16.5. The van der Waals surface area contributed by atoms with E-state index in [4.69, 9.17) is 4.74 Å². The standard InChI is InChI=1S/C47H50N4O6/c1-2-39(33-6-4-3-5-7-33)44(35-10-14-37(52)15-11-35)34-8-12-36(13-9-34)50-26-22-31(23-27-50)29-49-24-20-32(21-25-49)30-57-38-16-17-40-41(28-38)47(56)51(46(40)55)42-18-19-43(53)48-45(42)54/h3-17,28,31-32,42,52H,2,18-27,29-30H2,1H3,(H,48,53,54). The largest absolute Gasteiger partial charge is 0.508 e. The van der Waals surface area contributed by atoms with Crippen molar-refractivity contribution in [1.82, 2.24) is 15.1 Å². The van der Waals surface area contributed by atoms with Crippen molar-refractivity contribution in [3.63, 3.8) is 0 Å². The lowest BCUT2D eigenvalue weighted by molar-refractivity contribution is -0.136. The zero-order valence-corrected chi connectivity index (χ0v) is 32.5. The highest BCUT2D eigenvalue weighted by Gasteiger charge is 2.44. The molecule has 4 heterocycles. The smallest absolute Gasteiger partial charge is 0.262 e. The predicted octanol–water partition coefficient (Wildman–Crippen LogP) is 7.17. The summed E-state index contributed by atoms with van der Waals surface area (Å²) in [5, 5.41) is 12.2. The third-order valence-corrected chi connectivity index (χ3v) is 12.2. The van der Waals surface area contributed by atoms with Crippen molar-refractivity contribution in [2.24, 2.45) is 11.8 Å². The number of imide groups is 2. The van der Waals surface area contributed by atoms with Crippen molar-refractivity contribution in [2.75, 3.05) is 44.2 Å². The van der Waals surface area contributed by atoms with E-state index in [2.05, 4.69) is 70.6 Å². The van der Waals surface area contributed by atoms with Gasteiger partial charge in [0.05, 0.1) is 17.7 Å². The maximum atomic E-state index is 13.2. The van der Waals surface area contributed by atoms with Gasteiger partial charge in [0, 0.05) is 31.7 Å². The Bertz CT molecular complexity index is 2150. The molecule has 57 heavy (non-hydrogen) atoms. The van der Waals surface area contributed by atoms with E-state index in [1.807, 2.05) is 18.2 Å². The maximum absolute atomic E-state index is 13.2. The molecule has 1 unspecified atom stereocenters. The minimum atomic E-state index is -0.981. The van der Waals surface area contributed by atoms with Crippen molar-refractivity contribution in [2.45, 2.75) is 57.9 Å². The number of ether oxygens (including phenoxy) is 1. The number of benzene rings is 4. The number of hydrogen-bond donors (Lipinski definition) is 2. The molecule has 0 saturated carbocycles. The second kappa shape index (κ2) is 16.8. The zero-order chi connectivity index (χ0) is 39.5. The van der Waals surface area contributed by atoms with Gasteiger partial charge in [0.2, 0.25) is 11.8 Å². The number of hydrogen-bond acceptors (Lipinski definition) is 8. The van der Waals surface area contributed by atoms with Gasteiger partial charge in [0.1, 0.15) is 17.5 Å². The summed E-state index contributed by atoms with van der Waals surface area (Å²) < 4.78 is 6.15. The van der Waals surface area contributed by atoms with E-state index < -0.39 is 29.7 Å². The number of aromatic hydroxyl groups is 1. The topological polar surface area (TPSA) is 119 Å². The SMILES string of the molecule is CCC(=C(c1ccc(O)cc1)c1ccc(N2CCC(CN3CCC(COc4ccc5c(c4)C(=O)N(C4CCC(=O)NC4=O)C5=O)CC3)CC2)cc1)c1ccccc1. The number of allylic oxidation sites excluding steroid dienone is 1. The van der Waals surface area contributed by atoms with Gasteiger partial charge < -0.3 is 19.6 Å². The number of carbonyl (C=O) groups excluding carboxylic acids is 4. The summed E-state index contributed by atoms with van der Waals surface area (Å²) in [6.45, 7) is 8.01. The molecule has 2 N–H and O–H groups in total. The van der Waals surface area contributed by atoms with E-state index in [9.17, 15) is 24.3 Å². The van der Waals surface area contributed by atoms with Gasteiger partial charge in [-0.05, 0) is 134 Å². The van der Waals surface area contributed by atoms with Crippen molar-refractivity contribution in [3.8, 4) is 11.5 Å². The molecule has 4 aromatic rings. The molecular formula is C47H50N4O6. The van der Waals surface area contributed by atoms with E-state index in [0.717, 1.165) is 75.3 Å². The molecule has 8 rings (SSSR count). The normalized spacial score (nSPS) is 20.1. The zero-order valence-electron chi connectivity index (χ0n) is 32.5. The number of likely N-dealkylation sites (tertiary alicyclic amines) is 1. The Kier molecular flexibility index (Phi) is 11.2. The minimum absolute atomic E-state index is 0.0889. The Balaban J connectivity index is 0.812. The third-order valence-electron chi connectivity index (χ3n) is 12.2. The van der Waals surface area contributed by atoms with Crippen LogP contribution in [-0.2, 0) is 9.59 Å². The molecule has 10 nitrogen and oxygen atoms in total. The molecule has 3 fully saturated rings. The van der Waals surface area contributed by atoms with Crippen LogP contribution in [0.5, 0.6) is 11.5 Å². The summed E-state index contributed by atoms with van der Waals surface area (Å²) in [6.07, 6.45) is 5.52. The van der Waals surface area contributed by atoms with Crippen LogP contribution in [-0.4, -0.2) is 83.9 Å². The van der Waals surface area contributed by atoms with Crippen molar-refractivity contribution < 1.29 is 29.0 Å². The van der Waals surface area contributed by atoms with Crippen LogP contribution in [0.25, 0.3) is 11.1 Å². The second-order valence-corrected chi connectivity index (χ2v) is 15.8. The highest BCUT2D eigenvalue weighted by Crippen LogP contribution is 2.37. The number of fused-ring (bicyclic) bond motifs is 1. The third kappa shape index (κ3) is 8.23. The molecule has 10 heteroatoms. The number of phenols is 1. The summed E-state index contributed by atoms with van der Waals surface area (Å²) in [5.41, 5.74) is 7.70. The predicted molar refractivity (Wildman–Crippen MR) is 220 cm³/mol. The van der Waals surface area contributed by atoms with Crippen LogP contribution in [0.2, 0.25) is 0 Å². The van der Waals surface area contributed by atoms with Gasteiger partial charge in [-0.25, -0.2) is 0 Å². The first-order chi connectivity index (χ1) is 27.7. The lowest BCUT2D eigenvalue weighted by Crippen LogP contribution is -2.54. The maximum Gasteiger partial charge on any atom is 0.262 e. The van der Waals surface area contributed by atoms with Crippen LogP contribution in [0.3, 0.4) is 0 Å². The fraction of sp³-hybridized carbons (Fsp3) is 0.362. The number of nitrogens with zero attached hydrogens (tertiary/aromatic N) is 3. The first-order valence-electron chi connectivity index (χ1n) is 20.4. The molecule has 4 amide bonds. The molecule has 0 radical (unpaired) electrons. The fourth-order valence-corrected chi connectivity index (χ4v) is 8.98. The van der Waals surface area contributed by atoms with Gasteiger partial charge in [0.25, 0.3) is 11.8 Å². The highest BCUT2D eigenvalue weighted by molar-refractivity contribution is 6.23. The average molecular weight is 767 g/mol. The summed E-state index contributed by atoms with van der Waals surface area (Å²) in [7, 11) is 0. The molecule has 0 bridgehead atoms. The van der Waals surface area contributed by atoms with E-state index >= 15 is 0 Å². The van der Waals surface area contributed by atoms with E-state index in [1.54, 1.807) is 30.3 Å². The number of carbonyl (C=O) groups is 4. The number of piperidine rings is 3. The number of nitrogens with one attached hydrogen (secondary N) is 1. The van der Waals surface area contributed by atoms with Gasteiger partial charge in [0.15, 0.2) is 0 Å². The van der Waals surface area contributed by atoms with E-state index in [0.29, 0.717) is 24.2 Å². The van der Waals surface area contributed by atoms with Crippen molar-refractivity contribution in [1.29, 1.82) is 0 Å². The number of amides is 4. The Hall–Kier alpha value is -5.74.